The lowest BCUT2D eigenvalue weighted by atomic mass is 9.98. The van der Waals surface area contributed by atoms with E-state index in [1.807, 2.05) is 6.07 Å². The van der Waals surface area contributed by atoms with E-state index in [2.05, 4.69) is 85.6 Å². The van der Waals surface area contributed by atoms with Gasteiger partial charge in [0.05, 0.1) is 22.0 Å². The maximum absolute atomic E-state index is 5.02. The normalized spacial score (nSPS) is 16.6. The van der Waals surface area contributed by atoms with E-state index >= 15 is 0 Å². The molecule has 4 heteroatoms. The van der Waals surface area contributed by atoms with E-state index < -0.39 is 0 Å². The Morgan fingerprint density at radius 2 is 1.64 bits per heavy atom. The van der Waals surface area contributed by atoms with Crippen molar-refractivity contribution in [3.05, 3.63) is 95.1 Å². The molecule has 2 heterocycles. The highest BCUT2D eigenvalue weighted by molar-refractivity contribution is 7.22. The number of benzene rings is 3. The van der Waals surface area contributed by atoms with Crippen molar-refractivity contribution in [2.24, 2.45) is 5.10 Å². The number of hydrogen-bond donors (Lipinski definition) is 0. The standard InChI is InChI=1S/C24H21N3S/c1-16-8-11-19(12-9-16)22-15-21(18-6-4-3-5-7-18)26-27(22)24-25-20-13-10-17(2)14-23(20)28-24/h3-14,22H,15H2,1-2H3. The number of hydrazone groups is 1. The molecule has 0 radical (unpaired) electrons. The number of aryl methyl sites for hydroxylation is 2. The van der Waals surface area contributed by atoms with Gasteiger partial charge in [0.1, 0.15) is 0 Å². The van der Waals surface area contributed by atoms with Crippen LogP contribution in [0.15, 0.2) is 77.9 Å². The summed E-state index contributed by atoms with van der Waals surface area (Å²) in [6, 6.07) is 25.8. The van der Waals surface area contributed by atoms with Gasteiger partial charge >= 0.3 is 0 Å². The Hall–Kier alpha value is -2.98. The van der Waals surface area contributed by atoms with E-state index in [-0.39, 0.29) is 6.04 Å². The molecule has 1 atom stereocenters. The van der Waals surface area contributed by atoms with Crippen LogP contribution in [0.1, 0.15) is 34.7 Å². The second-order valence-electron chi connectivity index (χ2n) is 7.36. The topological polar surface area (TPSA) is 28.5 Å². The third-order valence-electron chi connectivity index (χ3n) is 5.21. The largest absolute Gasteiger partial charge is 0.231 e. The van der Waals surface area contributed by atoms with Crippen molar-refractivity contribution in [3.63, 3.8) is 0 Å². The Kier molecular flexibility index (Phi) is 4.21. The average molecular weight is 384 g/mol. The SMILES string of the molecule is Cc1ccc(C2CC(c3ccccc3)=NN2c2nc3ccc(C)cc3s2)cc1. The van der Waals surface area contributed by atoms with Gasteiger partial charge in [-0.15, -0.1) is 0 Å². The highest BCUT2D eigenvalue weighted by Gasteiger charge is 2.31. The van der Waals surface area contributed by atoms with Crippen molar-refractivity contribution in [2.45, 2.75) is 26.3 Å². The van der Waals surface area contributed by atoms with Crippen molar-refractivity contribution in [1.82, 2.24) is 4.98 Å². The first-order chi connectivity index (χ1) is 13.7. The fourth-order valence-corrected chi connectivity index (χ4v) is 4.72. The van der Waals surface area contributed by atoms with Gasteiger partial charge in [-0.3, -0.25) is 0 Å². The second-order valence-corrected chi connectivity index (χ2v) is 8.36. The zero-order valence-electron chi connectivity index (χ0n) is 16.0. The second kappa shape index (κ2) is 6.88. The number of hydrogen-bond acceptors (Lipinski definition) is 4. The molecule has 0 aliphatic carbocycles. The molecule has 3 nitrogen and oxygen atoms in total. The molecule has 1 unspecified atom stereocenters. The molecule has 4 aromatic rings. The fraction of sp³-hybridized carbons (Fsp3) is 0.167. The maximum atomic E-state index is 5.02. The molecule has 1 aliphatic heterocycles. The molecule has 0 bridgehead atoms. The molecule has 0 saturated carbocycles. The summed E-state index contributed by atoms with van der Waals surface area (Å²) < 4.78 is 1.21. The van der Waals surface area contributed by atoms with E-state index in [9.17, 15) is 0 Å². The zero-order chi connectivity index (χ0) is 19.1. The van der Waals surface area contributed by atoms with Gasteiger partial charge in [-0.05, 0) is 42.7 Å². The smallest absolute Gasteiger partial charge is 0.207 e. The molecule has 0 amide bonds. The molecular formula is C24H21N3S. The van der Waals surface area contributed by atoms with Gasteiger partial charge in [-0.1, -0.05) is 77.6 Å². The summed E-state index contributed by atoms with van der Waals surface area (Å²) in [7, 11) is 0. The molecule has 3 aromatic carbocycles. The molecule has 0 spiro atoms. The lowest BCUT2D eigenvalue weighted by Gasteiger charge is -2.21. The molecule has 138 valence electrons. The maximum Gasteiger partial charge on any atom is 0.207 e. The quantitative estimate of drug-likeness (QED) is 0.417. The number of thiazole rings is 1. The van der Waals surface area contributed by atoms with E-state index in [0.717, 1.165) is 22.8 Å². The first-order valence-corrected chi connectivity index (χ1v) is 10.3. The first kappa shape index (κ1) is 17.1. The van der Waals surface area contributed by atoms with Gasteiger partial charge in [-0.25, -0.2) is 9.99 Å². The number of aromatic nitrogens is 1. The predicted octanol–water partition coefficient (Wildman–Crippen LogP) is 6.27. The van der Waals surface area contributed by atoms with E-state index in [0.29, 0.717) is 0 Å². The Morgan fingerprint density at radius 3 is 2.43 bits per heavy atom. The summed E-state index contributed by atoms with van der Waals surface area (Å²) in [6.07, 6.45) is 0.877. The van der Waals surface area contributed by atoms with Gasteiger partial charge in [0.25, 0.3) is 0 Å². The van der Waals surface area contributed by atoms with Crippen molar-refractivity contribution < 1.29 is 0 Å². The van der Waals surface area contributed by atoms with E-state index in [1.165, 1.54) is 27.0 Å². The summed E-state index contributed by atoms with van der Waals surface area (Å²) in [5.41, 5.74) is 7.13. The Morgan fingerprint density at radius 1 is 0.893 bits per heavy atom. The lowest BCUT2D eigenvalue weighted by Crippen LogP contribution is -2.18. The minimum atomic E-state index is 0.164. The predicted molar refractivity (Wildman–Crippen MR) is 118 cm³/mol. The molecular weight excluding hydrogens is 362 g/mol. The number of rotatable bonds is 3. The van der Waals surface area contributed by atoms with Crippen LogP contribution >= 0.6 is 11.3 Å². The van der Waals surface area contributed by atoms with Crippen LogP contribution in [0.2, 0.25) is 0 Å². The zero-order valence-corrected chi connectivity index (χ0v) is 16.8. The third kappa shape index (κ3) is 3.10. The number of anilines is 1. The van der Waals surface area contributed by atoms with Crippen LogP contribution in [0.25, 0.3) is 10.2 Å². The van der Waals surface area contributed by atoms with Gasteiger partial charge in [0.2, 0.25) is 5.13 Å². The molecule has 5 rings (SSSR count). The average Bonchev–Trinajstić information content (AvgIpc) is 3.33. The fourth-order valence-electron chi connectivity index (χ4n) is 3.66. The van der Waals surface area contributed by atoms with Gasteiger partial charge in [0.15, 0.2) is 0 Å². The van der Waals surface area contributed by atoms with Crippen LogP contribution in [0.4, 0.5) is 5.13 Å². The minimum absolute atomic E-state index is 0.164. The Balaban J connectivity index is 1.60. The van der Waals surface area contributed by atoms with Crippen LogP contribution in [-0.4, -0.2) is 10.7 Å². The van der Waals surface area contributed by atoms with Crippen molar-refractivity contribution in [3.8, 4) is 0 Å². The van der Waals surface area contributed by atoms with Crippen LogP contribution in [0, 0.1) is 13.8 Å². The monoisotopic (exact) mass is 383 g/mol. The lowest BCUT2D eigenvalue weighted by molar-refractivity contribution is 0.707. The summed E-state index contributed by atoms with van der Waals surface area (Å²) >= 11 is 1.72. The van der Waals surface area contributed by atoms with Crippen molar-refractivity contribution >= 4 is 32.4 Å². The van der Waals surface area contributed by atoms with Crippen LogP contribution in [0.5, 0.6) is 0 Å². The van der Waals surface area contributed by atoms with Gasteiger partial charge in [0, 0.05) is 6.42 Å². The minimum Gasteiger partial charge on any atom is -0.231 e. The van der Waals surface area contributed by atoms with Gasteiger partial charge < -0.3 is 0 Å². The first-order valence-electron chi connectivity index (χ1n) is 9.53. The summed E-state index contributed by atoms with van der Waals surface area (Å²) in [4.78, 5) is 4.89. The van der Waals surface area contributed by atoms with Crippen LogP contribution in [0.3, 0.4) is 0 Å². The van der Waals surface area contributed by atoms with Gasteiger partial charge in [-0.2, -0.15) is 5.10 Å². The van der Waals surface area contributed by atoms with Crippen molar-refractivity contribution in [2.75, 3.05) is 5.01 Å². The molecule has 28 heavy (non-hydrogen) atoms. The molecule has 0 fully saturated rings. The molecule has 1 aromatic heterocycles. The Labute approximate surface area is 169 Å². The highest BCUT2D eigenvalue weighted by atomic mass is 32.1. The van der Waals surface area contributed by atoms with E-state index in [4.69, 9.17) is 10.1 Å². The molecule has 0 N–H and O–H groups in total. The number of nitrogens with zero attached hydrogens (tertiary/aromatic N) is 3. The molecule has 0 saturated heterocycles. The number of fused-ring (bicyclic) bond motifs is 1. The highest BCUT2D eigenvalue weighted by Crippen LogP contribution is 2.40. The van der Waals surface area contributed by atoms with Crippen LogP contribution in [-0.2, 0) is 0 Å². The van der Waals surface area contributed by atoms with Crippen LogP contribution < -0.4 is 5.01 Å². The van der Waals surface area contributed by atoms with E-state index in [1.54, 1.807) is 11.3 Å². The summed E-state index contributed by atoms with van der Waals surface area (Å²) in [5.74, 6) is 0. The third-order valence-corrected chi connectivity index (χ3v) is 6.22. The summed E-state index contributed by atoms with van der Waals surface area (Å²) in [6.45, 7) is 4.24. The summed E-state index contributed by atoms with van der Waals surface area (Å²) in [5, 5.41) is 8.10. The Bertz CT molecular complexity index is 1160. The molecule has 1 aliphatic rings. The van der Waals surface area contributed by atoms with Crippen molar-refractivity contribution in [1.29, 1.82) is 0 Å².